The van der Waals surface area contributed by atoms with Crippen LogP contribution < -0.4 is 0 Å². The van der Waals surface area contributed by atoms with Crippen LogP contribution in [0, 0.1) is 0 Å². The number of alkyl halides is 7. The van der Waals surface area contributed by atoms with Gasteiger partial charge in [0.05, 0.1) is 0 Å². The molecule has 0 heterocycles. The van der Waals surface area contributed by atoms with Gasteiger partial charge in [0.1, 0.15) is 12.2 Å². The lowest BCUT2D eigenvalue weighted by molar-refractivity contribution is -0.348. The van der Waals surface area contributed by atoms with Gasteiger partial charge in [-0.05, 0) is 20.8 Å². The molecule has 0 unspecified atom stereocenters. The monoisotopic (exact) mass is 354 g/mol. The molecule has 0 aliphatic carbocycles. The van der Waals surface area contributed by atoms with Crippen LogP contribution in [0.2, 0.25) is 0 Å². The lowest BCUT2D eigenvalue weighted by Crippen LogP contribution is -2.57. The lowest BCUT2D eigenvalue weighted by Gasteiger charge is -2.29. The predicted octanol–water partition coefficient (Wildman–Crippen LogP) is 3.26. The van der Waals surface area contributed by atoms with Crippen molar-refractivity contribution in [3.63, 3.8) is 0 Å². The molecule has 0 aliphatic rings. The quantitative estimate of drug-likeness (QED) is 0.417. The molecule has 0 rings (SSSR count). The van der Waals surface area contributed by atoms with Crippen molar-refractivity contribution in [1.82, 2.24) is 0 Å². The van der Waals surface area contributed by atoms with Crippen LogP contribution in [0.3, 0.4) is 0 Å². The Balaban J connectivity index is 5.02. The fourth-order valence-corrected chi connectivity index (χ4v) is 1.00. The van der Waals surface area contributed by atoms with Gasteiger partial charge in [-0.1, -0.05) is 6.58 Å². The summed E-state index contributed by atoms with van der Waals surface area (Å²) in [6, 6.07) is 0. The number of hydrogen-bond acceptors (Lipinski definition) is 4. The Morgan fingerprint density at radius 3 is 1.78 bits per heavy atom. The molecule has 134 valence electrons. The number of carbonyl (C=O) groups is 2. The van der Waals surface area contributed by atoms with Gasteiger partial charge in [-0.2, -0.15) is 30.7 Å². The van der Waals surface area contributed by atoms with Crippen LogP contribution in [0.4, 0.5) is 30.7 Å². The highest BCUT2D eigenvalue weighted by Crippen LogP contribution is 2.47. The molecule has 0 atom stereocenters. The van der Waals surface area contributed by atoms with E-state index >= 15 is 0 Å². The summed E-state index contributed by atoms with van der Waals surface area (Å²) in [4.78, 5) is 22.1. The van der Waals surface area contributed by atoms with Crippen molar-refractivity contribution in [2.45, 2.75) is 44.4 Å². The van der Waals surface area contributed by atoms with Crippen LogP contribution in [0.1, 0.15) is 20.8 Å². The molecule has 11 heteroatoms. The molecular weight excluding hydrogens is 341 g/mol. The SMILES string of the molecule is C=C(C)C(=O)OC(C)(C)COC(=O)C(F)(F)C(F)(F)C(F)(F)F. The highest BCUT2D eigenvalue weighted by Gasteiger charge is 2.77. The average molecular weight is 354 g/mol. The molecule has 0 N–H and O–H groups in total. The van der Waals surface area contributed by atoms with E-state index in [1.165, 1.54) is 6.92 Å². The first kappa shape index (κ1) is 21.2. The summed E-state index contributed by atoms with van der Waals surface area (Å²) in [5, 5.41) is 0. The van der Waals surface area contributed by atoms with Gasteiger partial charge in [-0.25, -0.2) is 9.59 Å². The zero-order valence-corrected chi connectivity index (χ0v) is 12.2. The molecule has 23 heavy (non-hydrogen) atoms. The minimum Gasteiger partial charge on any atom is -0.457 e. The summed E-state index contributed by atoms with van der Waals surface area (Å²) in [7, 11) is 0. The van der Waals surface area contributed by atoms with Crippen molar-refractivity contribution in [3.05, 3.63) is 12.2 Å². The molecule has 0 saturated carbocycles. The van der Waals surface area contributed by atoms with Crippen molar-refractivity contribution in [2.24, 2.45) is 0 Å². The van der Waals surface area contributed by atoms with Gasteiger partial charge in [-0.15, -0.1) is 0 Å². The standard InChI is InChI=1S/C12H13F7O4/c1-6(2)7(20)23-9(3,4)5-22-8(21)10(13,14)11(15,16)12(17,18)19/h1,5H2,2-4H3. The van der Waals surface area contributed by atoms with E-state index in [1.54, 1.807) is 0 Å². The van der Waals surface area contributed by atoms with Gasteiger partial charge >= 0.3 is 30.0 Å². The van der Waals surface area contributed by atoms with Gasteiger partial charge in [0, 0.05) is 5.57 Å². The van der Waals surface area contributed by atoms with E-state index in [1.807, 2.05) is 0 Å². The molecule has 0 bridgehead atoms. The van der Waals surface area contributed by atoms with Gasteiger partial charge in [0.2, 0.25) is 0 Å². The zero-order valence-electron chi connectivity index (χ0n) is 12.2. The van der Waals surface area contributed by atoms with Crippen LogP contribution in [-0.2, 0) is 19.1 Å². The summed E-state index contributed by atoms with van der Waals surface area (Å²) < 4.78 is 95.4. The molecule has 0 saturated heterocycles. The molecule has 0 aromatic carbocycles. The molecule has 0 aromatic heterocycles. The number of halogens is 7. The molecular formula is C12H13F7O4. The number of ether oxygens (including phenoxy) is 2. The fraction of sp³-hybridized carbons (Fsp3) is 0.667. The van der Waals surface area contributed by atoms with Crippen LogP contribution in [0.15, 0.2) is 12.2 Å². The van der Waals surface area contributed by atoms with E-state index in [2.05, 4.69) is 16.1 Å². The molecule has 0 fully saturated rings. The van der Waals surface area contributed by atoms with Crippen molar-refractivity contribution < 1.29 is 49.8 Å². The van der Waals surface area contributed by atoms with Crippen LogP contribution >= 0.6 is 0 Å². The average Bonchev–Trinajstić information content (AvgIpc) is 2.33. The summed E-state index contributed by atoms with van der Waals surface area (Å²) in [5.74, 6) is -16.9. The fourth-order valence-electron chi connectivity index (χ4n) is 1.00. The smallest absolute Gasteiger partial charge is 0.457 e. The maximum atomic E-state index is 13.0. The third kappa shape index (κ3) is 4.83. The first-order valence-corrected chi connectivity index (χ1v) is 5.84. The normalized spacial score (nSPS) is 13.5. The van der Waals surface area contributed by atoms with Crippen LogP contribution in [0.5, 0.6) is 0 Å². The minimum absolute atomic E-state index is 0.0988. The Bertz CT molecular complexity index is 494. The second kappa shape index (κ2) is 6.36. The second-order valence-corrected chi connectivity index (χ2v) is 5.15. The van der Waals surface area contributed by atoms with Crippen molar-refractivity contribution in [3.8, 4) is 0 Å². The highest BCUT2D eigenvalue weighted by atomic mass is 19.4. The summed E-state index contributed by atoms with van der Waals surface area (Å²) in [5.41, 5.74) is -1.85. The Labute approximate surface area is 126 Å². The first-order valence-electron chi connectivity index (χ1n) is 5.84. The maximum absolute atomic E-state index is 13.0. The van der Waals surface area contributed by atoms with Gasteiger partial charge < -0.3 is 9.47 Å². The molecule has 0 aromatic rings. The Hall–Kier alpha value is -1.81. The Morgan fingerprint density at radius 1 is 1.00 bits per heavy atom. The Kier molecular flexibility index (Phi) is 5.86. The predicted molar refractivity (Wildman–Crippen MR) is 61.9 cm³/mol. The molecule has 4 nitrogen and oxygen atoms in total. The molecule has 0 spiro atoms. The van der Waals surface area contributed by atoms with Gasteiger partial charge in [0.15, 0.2) is 0 Å². The van der Waals surface area contributed by atoms with E-state index in [-0.39, 0.29) is 5.57 Å². The van der Waals surface area contributed by atoms with E-state index in [0.717, 1.165) is 13.8 Å². The summed E-state index contributed by atoms with van der Waals surface area (Å²) in [6.07, 6.45) is -6.66. The van der Waals surface area contributed by atoms with Gasteiger partial charge in [0.25, 0.3) is 0 Å². The molecule has 0 amide bonds. The number of esters is 2. The van der Waals surface area contributed by atoms with E-state index in [9.17, 15) is 40.3 Å². The molecule has 0 radical (unpaired) electrons. The topological polar surface area (TPSA) is 52.6 Å². The number of hydrogen-bond donors (Lipinski definition) is 0. The lowest BCUT2D eigenvalue weighted by atomic mass is 10.1. The van der Waals surface area contributed by atoms with Crippen molar-refractivity contribution in [1.29, 1.82) is 0 Å². The second-order valence-electron chi connectivity index (χ2n) is 5.15. The largest absolute Gasteiger partial charge is 0.460 e. The van der Waals surface area contributed by atoms with Crippen molar-refractivity contribution >= 4 is 11.9 Å². The first-order chi connectivity index (χ1) is 9.96. The van der Waals surface area contributed by atoms with E-state index < -0.39 is 42.2 Å². The van der Waals surface area contributed by atoms with Crippen LogP contribution in [-0.4, -0.2) is 42.2 Å². The number of rotatable bonds is 6. The van der Waals surface area contributed by atoms with Crippen molar-refractivity contribution in [2.75, 3.05) is 6.61 Å². The zero-order chi connectivity index (χ0) is 18.9. The number of carbonyl (C=O) groups excluding carboxylic acids is 2. The van der Waals surface area contributed by atoms with E-state index in [4.69, 9.17) is 0 Å². The van der Waals surface area contributed by atoms with E-state index in [0.29, 0.717) is 0 Å². The summed E-state index contributed by atoms with van der Waals surface area (Å²) >= 11 is 0. The van der Waals surface area contributed by atoms with Gasteiger partial charge in [-0.3, -0.25) is 0 Å². The third-order valence-corrected chi connectivity index (χ3v) is 2.28. The summed E-state index contributed by atoms with van der Waals surface area (Å²) in [6.45, 7) is 5.39. The Morgan fingerprint density at radius 2 is 1.43 bits per heavy atom. The third-order valence-electron chi connectivity index (χ3n) is 2.28. The maximum Gasteiger partial charge on any atom is 0.460 e. The molecule has 0 aliphatic heterocycles. The highest BCUT2D eigenvalue weighted by molar-refractivity contribution is 5.87. The van der Waals surface area contributed by atoms with Crippen LogP contribution in [0.25, 0.3) is 0 Å². The minimum atomic E-state index is -6.66.